The molecule has 0 aromatic heterocycles. The van der Waals surface area contributed by atoms with Gasteiger partial charge in [-0.3, -0.25) is 9.69 Å². The number of hydrogen-bond acceptors (Lipinski definition) is 4. The molecule has 0 aliphatic carbocycles. The Morgan fingerprint density at radius 2 is 2.04 bits per heavy atom. The molecule has 1 fully saturated rings. The molecule has 0 radical (unpaired) electrons. The van der Waals surface area contributed by atoms with Crippen LogP contribution in [0.3, 0.4) is 0 Å². The van der Waals surface area contributed by atoms with E-state index in [9.17, 15) is 9.18 Å². The van der Waals surface area contributed by atoms with Crippen LogP contribution in [0, 0.1) is 11.7 Å². The van der Waals surface area contributed by atoms with Gasteiger partial charge in [-0.25, -0.2) is 4.39 Å². The fraction of sp³-hybridized carbons (Fsp3) is 0.381. The van der Waals surface area contributed by atoms with Gasteiger partial charge in [0.05, 0.1) is 19.8 Å². The zero-order chi connectivity index (χ0) is 18.5. The molecule has 2 aromatic rings. The maximum Gasteiger partial charge on any atom is 0.170 e. The molecule has 3 rings (SSSR count). The summed E-state index contributed by atoms with van der Waals surface area (Å²) < 4.78 is 24.0. The molecule has 1 aliphatic rings. The maximum atomic E-state index is 13.4. The van der Waals surface area contributed by atoms with E-state index in [1.54, 1.807) is 44.6 Å². The van der Waals surface area contributed by atoms with E-state index in [2.05, 4.69) is 4.90 Å². The molecule has 4 nitrogen and oxygen atoms in total. The Morgan fingerprint density at radius 1 is 1.19 bits per heavy atom. The van der Waals surface area contributed by atoms with Crippen LogP contribution in [0.15, 0.2) is 42.5 Å². The Labute approximate surface area is 153 Å². The van der Waals surface area contributed by atoms with Gasteiger partial charge in [-0.2, -0.15) is 0 Å². The van der Waals surface area contributed by atoms with Crippen molar-refractivity contribution in [3.05, 3.63) is 59.4 Å². The van der Waals surface area contributed by atoms with E-state index >= 15 is 0 Å². The molecule has 0 N–H and O–H groups in total. The van der Waals surface area contributed by atoms with E-state index in [0.29, 0.717) is 30.2 Å². The number of ether oxygens (including phenoxy) is 2. The molecule has 138 valence electrons. The molecule has 1 saturated heterocycles. The SMILES string of the molecule is COc1ccc(C(=O)C2CCCN(Cc3cccc(F)c3)C2)c(OC)c1. The number of hydrogen-bond donors (Lipinski definition) is 0. The molecule has 2 aromatic carbocycles. The van der Waals surface area contributed by atoms with E-state index in [1.807, 2.05) is 6.07 Å². The fourth-order valence-electron chi connectivity index (χ4n) is 3.53. The highest BCUT2D eigenvalue weighted by Gasteiger charge is 2.28. The molecule has 5 heteroatoms. The largest absolute Gasteiger partial charge is 0.497 e. The first-order valence-corrected chi connectivity index (χ1v) is 8.83. The van der Waals surface area contributed by atoms with E-state index in [-0.39, 0.29) is 17.5 Å². The first-order valence-electron chi connectivity index (χ1n) is 8.83. The van der Waals surface area contributed by atoms with Crippen molar-refractivity contribution in [2.75, 3.05) is 27.3 Å². The summed E-state index contributed by atoms with van der Waals surface area (Å²) in [7, 11) is 3.14. The lowest BCUT2D eigenvalue weighted by atomic mass is 9.89. The topological polar surface area (TPSA) is 38.8 Å². The molecule has 26 heavy (non-hydrogen) atoms. The molecule has 1 heterocycles. The van der Waals surface area contributed by atoms with Crippen LogP contribution in [-0.4, -0.2) is 38.0 Å². The number of likely N-dealkylation sites (tertiary alicyclic amines) is 1. The van der Waals surface area contributed by atoms with Crippen molar-refractivity contribution in [3.8, 4) is 11.5 Å². The molecule has 0 amide bonds. The molecule has 0 saturated carbocycles. The van der Waals surface area contributed by atoms with Gasteiger partial charge in [0.1, 0.15) is 17.3 Å². The van der Waals surface area contributed by atoms with Gasteiger partial charge in [-0.1, -0.05) is 12.1 Å². The maximum absolute atomic E-state index is 13.4. The average Bonchev–Trinajstić information content (AvgIpc) is 2.67. The number of nitrogens with zero attached hydrogens (tertiary/aromatic N) is 1. The van der Waals surface area contributed by atoms with Gasteiger partial charge < -0.3 is 9.47 Å². The summed E-state index contributed by atoms with van der Waals surface area (Å²) in [5.74, 6) is 0.981. The Morgan fingerprint density at radius 3 is 2.77 bits per heavy atom. The summed E-state index contributed by atoms with van der Waals surface area (Å²) in [5, 5.41) is 0. The standard InChI is InChI=1S/C21H24FNO3/c1-25-18-8-9-19(20(12-18)26-2)21(24)16-6-4-10-23(14-16)13-15-5-3-7-17(22)11-15/h3,5,7-9,11-12,16H,4,6,10,13-14H2,1-2H3. The lowest BCUT2D eigenvalue weighted by molar-refractivity contribution is 0.0808. The molecule has 1 atom stereocenters. The van der Waals surface area contributed by atoms with Gasteiger partial charge in [-0.05, 0) is 49.2 Å². The summed E-state index contributed by atoms with van der Waals surface area (Å²) >= 11 is 0. The summed E-state index contributed by atoms with van der Waals surface area (Å²) in [6.07, 6.45) is 1.80. The van der Waals surface area contributed by atoms with E-state index in [0.717, 1.165) is 24.9 Å². The fourth-order valence-corrected chi connectivity index (χ4v) is 3.53. The molecule has 0 bridgehead atoms. The van der Waals surface area contributed by atoms with Gasteiger partial charge >= 0.3 is 0 Å². The number of methoxy groups -OCH3 is 2. The van der Waals surface area contributed by atoms with Crippen LogP contribution in [0.5, 0.6) is 11.5 Å². The Hall–Kier alpha value is -2.40. The molecular formula is C21H24FNO3. The minimum absolute atomic E-state index is 0.0837. The van der Waals surface area contributed by atoms with Crippen LogP contribution in [-0.2, 0) is 6.54 Å². The minimum atomic E-state index is -0.227. The third-order valence-electron chi connectivity index (χ3n) is 4.85. The number of rotatable bonds is 6. The van der Waals surface area contributed by atoms with Gasteiger partial charge in [0.25, 0.3) is 0 Å². The van der Waals surface area contributed by atoms with Crippen LogP contribution in [0.1, 0.15) is 28.8 Å². The lowest BCUT2D eigenvalue weighted by Crippen LogP contribution is -2.38. The third kappa shape index (κ3) is 4.22. The number of Topliss-reactive ketones (excluding diaryl/α,β-unsaturated/α-hetero) is 1. The monoisotopic (exact) mass is 357 g/mol. The second-order valence-corrected chi connectivity index (χ2v) is 6.63. The number of piperidine rings is 1. The van der Waals surface area contributed by atoms with Crippen molar-refractivity contribution >= 4 is 5.78 Å². The highest BCUT2D eigenvalue weighted by Crippen LogP contribution is 2.29. The van der Waals surface area contributed by atoms with Crippen molar-refractivity contribution in [2.45, 2.75) is 19.4 Å². The zero-order valence-corrected chi connectivity index (χ0v) is 15.2. The Balaban J connectivity index is 1.72. The summed E-state index contributed by atoms with van der Waals surface area (Å²) in [4.78, 5) is 15.2. The van der Waals surface area contributed by atoms with Crippen LogP contribution in [0.25, 0.3) is 0 Å². The minimum Gasteiger partial charge on any atom is -0.497 e. The first kappa shape index (κ1) is 18.4. The predicted molar refractivity (Wildman–Crippen MR) is 98.3 cm³/mol. The van der Waals surface area contributed by atoms with Crippen LogP contribution < -0.4 is 9.47 Å². The van der Waals surface area contributed by atoms with Gasteiger partial charge in [0.15, 0.2) is 5.78 Å². The second-order valence-electron chi connectivity index (χ2n) is 6.63. The smallest absolute Gasteiger partial charge is 0.170 e. The number of halogens is 1. The number of carbonyl (C=O) groups excluding carboxylic acids is 1. The molecule has 1 aliphatic heterocycles. The van der Waals surface area contributed by atoms with E-state index < -0.39 is 0 Å². The van der Waals surface area contributed by atoms with Crippen molar-refractivity contribution in [2.24, 2.45) is 5.92 Å². The normalized spacial score (nSPS) is 17.7. The highest BCUT2D eigenvalue weighted by atomic mass is 19.1. The zero-order valence-electron chi connectivity index (χ0n) is 15.2. The van der Waals surface area contributed by atoms with Crippen molar-refractivity contribution in [1.82, 2.24) is 4.90 Å². The summed E-state index contributed by atoms with van der Waals surface area (Å²) in [6.45, 7) is 2.24. The Kier molecular flexibility index (Phi) is 5.89. The van der Waals surface area contributed by atoms with Crippen LogP contribution >= 0.6 is 0 Å². The van der Waals surface area contributed by atoms with E-state index in [4.69, 9.17) is 9.47 Å². The molecular weight excluding hydrogens is 333 g/mol. The third-order valence-corrected chi connectivity index (χ3v) is 4.85. The number of benzene rings is 2. The highest BCUT2D eigenvalue weighted by molar-refractivity contribution is 6.00. The predicted octanol–water partition coefficient (Wildman–Crippen LogP) is 3.94. The van der Waals surface area contributed by atoms with Gasteiger partial charge in [0, 0.05) is 25.1 Å². The quantitative estimate of drug-likeness (QED) is 0.734. The number of carbonyl (C=O) groups is 1. The van der Waals surface area contributed by atoms with Gasteiger partial charge in [0.2, 0.25) is 0 Å². The van der Waals surface area contributed by atoms with Crippen molar-refractivity contribution in [1.29, 1.82) is 0 Å². The van der Waals surface area contributed by atoms with Crippen molar-refractivity contribution in [3.63, 3.8) is 0 Å². The average molecular weight is 357 g/mol. The van der Waals surface area contributed by atoms with E-state index in [1.165, 1.54) is 6.07 Å². The first-order chi connectivity index (χ1) is 12.6. The van der Waals surface area contributed by atoms with Crippen molar-refractivity contribution < 1.29 is 18.7 Å². The number of ketones is 1. The van der Waals surface area contributed by atoms with Gasteiger partial charge in [-0.15, -0.1) is 0 Å². The summed E-state index contributed by atoms with van der Waals surface area (Å²) in [6, 6.07) is 11.9. The Bertz CT molecular complexity index is 778. The molecule has 1 unspecified atom stereocenters. The molecule has 0 spiro atoms. The second kappa shape index (κ2) is 8.32. The van der Waals surface area contributed by atoms with Crippen LogP contribution in [0.4, 0.5) is 4.39 Å². The lowest BCUT2D eigenvalue weighted by Gasteiger charge is -2.32. The van der Waals surface area contributed by atoms with Crippen LogP contribution in [0.2, 0.25) is 0 Å². The summed E-state index contributed by atoms with van der Waals surface area (Å²) in [5.41, 5.74) is 1.52.